The monoisotopic (exact) mass is 442 g/mol. The average Bonchev–Trinajstić information content (AvgIpc) is 3.07. The number of benzene rings is 1. The number of amides is 5. The van der Waals surface area contributed by atoms with Gasteiger partial charge in [-0.15, -0.1) is 0 Å². The van der Waals surface area contributed by atoms with E-state index in [0.29, 0.717) is 69.6 Å². The molecule has 9 nitrogen and oxygen atoms in total. The number of rotatable bonds is 4. The first-order chi connectivity index (χ1) is 15.4. The van der Waals surface area contributed by atoms with Crippen LogP contribution in [0.5, 0.6) is 5.75 Å². The van der Waals surface area contributed by atoms with E-state index in [9.17, 15) is 19.2 Å². The van der Waals surface area contributed by atoms with Crippen molar-refractivity contribution >= 4 is 23.8 Å². The summed E-state index contributed by atoms with van der Waals surface area (Å²) in [7, 11) is 1.52. The van der Waals surface area contributed by atoms with Gasteiger partial charge in [0, 0.05) is 32.6 Å². The van der Waals surface area contributed by atoms with Gasteiger partial charge in [-0.1, -0.05) is 19.1 Å². The Hall–Kier alpha value is -3.10. The van der Waals surface area contributed by atoms with Crippen LogP contribution >= 0.6 is 0 Å². The Bertz CT molecular complexity index is 925. The van der Waals surface area contributed by atoms with Crippen molar-refractivity contribution in [1.29, 1.82) is 0 Å². The molecule has 5 amide bonds. The first-order valence-corrected chi connectivity index (χ1v) is 11.3. The lowest BCUT2D eigenvalue weighted by Crippen LogP contribution is -2.57. The van der Waals surface area contributed by atoms with Gasteiger partial charge < -0.3 is 19.9 Å². The quantitative estimate of drug-likeness (QED) is 0.715. The Balaban J connectivity index is 1.47. The van der Waals surface area contributed by atoms with Gasteiger partial charge in [0.15, 0.2) is 0 Å². The Morgan fingerprint density at radius 2 is 1.84 bits per heavy atom. The number of hydrogen-bond donors (Lipinski definition) is 1. The molecule has 3 aliphatic heterocycles. The van der Waals surface area contributed by atoms with E-state index in [4.69, 9.17) is 4.74 Å². The molecule has 172 valence electrons. The number of carbonyl (C=O) groups is 4. The van der Waals surface area contributed by atoms with Crippen molar-refractivity contribution in [3.05, 3.63) is 29.8 Å². The van der Waals surface area contributed by atoms with Crippen molar-refractivity contribution in [2.75, 3.05) is 33.3 Å². The number of ether oxygens (including phenoxy) is 1. The lowest BCUT2D eigenvalue weighted by molar-refractivity contribution is -0.139. The van der Waals surface area contributed by atoms with Crippen LogP contribution in [0.1, 0.15) is 49.4 Å². The van der Waals surface area contributed by atoms with Crippen LogP contribution in [-0.4, -0.2) is 83.3 Å². The standard InChI is InChI=1S/C23H30N4O5/c1-3-19(28)25-13-10-23(11-14-25)21(30)27(22(31)24-23)16-7-6-12-26(15-16)20(29)17-8-4-5-9-18(17)32-2/h4-5,8-9,16H,3,6-7,10-15H2,1-2H3,(H,24,31)/t16-/m0/s1. The SMILES string of the molecule is CCC(=O)N1CCC2(CC1)NC(=O)N([C@H]1CCCN(C(=O)c3ccccc3OC)C1)C2=O. The normalized spacial score (nSPS) is 22.8. The largest absolute Gasteiger partial charge is 0.496 e. The summed E-state index contributed by atoms with van der Waals surface area (Å²) < 4.78 is 5.32. The lowest BCUT2D eigenvalue weighted by atomic mass is 9.87. The summed E-state index contributed by atoms with van der Waals surface area (Å²) in [5.74, 6) is 0.163. The van der Waals surface area contributed by atoms with Crippen molar-refractivity contribution in [3.63, 3.8) is 0 Å². The van der Waals surface area contributed by atoms with E-state index in [-0.39, 0.29) is 23.8 Å². The molecule has 0 aromatic heterocycles. The summed E-state index contributed by atoms with van der Waals surface area (Å²) in [6, 6.07) is 6.28. The number of carbonyl (C=O) groups excluding carboxylic acids is 4. The van der Waals surface area contributed by atoms with Gasteiger partial charge in [-0.05, 0) is 37.8 Å². The maximum atomic E-state index is 13.4. The van der Waals surface area contributed by atoms with Gasteiger partial charge in [-0.3, -0.25) is 19.3 Å². The minimum absolute atomic E-state index is 0.0613. The molecule has 4 rings (SSSR count). The van der Waals surface area contributed by atoms with Crippen LogP contribution in [-0.2, 0) is 9.59 Å². The Labute approximate surface area is 187 Å². The molecule has 1 aromatic carbocycles. The van der Waals surface area contributed by atoms with E-state index >= 15 is 0 Å². The fourth-order valence-electron chi connectivity index (χ4n) is 5.01. The average molecular weight is 443 g/mol. The number of likely N-dealkylation sites (tertiary alicyclic amines) is 2. The highest BCUT2D eigenvalue weighted by atomic mass is 16.5. The van der Waals surface area contributed by atoms with Gasteiger partial charge in [-0.2, -0.15) is 0 Å². The van der Waals surface area contributed by atoms with Gasteiger partial charge in [0.05, 0.1) is 18.7 Å². The molecule has 3 fully saturated rings. The third-order valence-electron chi connectivity index (χ3n) is 6.85. The molecule has 3 aliphatic rings. The van der Waals surface area contributed by atoms with E-state index in [0.717, 1.165) is 0 Å². The zero-order valence-corrected chi connectivity index (χ0v) is 18.6. The molecule has 32 heavy (non-hydrogen) atoms. The minimum Gasteiger partial charge on any atom is -0.496 e. The number of piperidine rings is 2. The fourth-order valence-corrected chi connectivity index (χ4v) is 5.01. The van der Waals surface area contributed by atoms with E-state index in [1.165, 1.54) is 12.0 Å². The number of methoxy groups -OCH3 is 1. The maximum Gasteiger partial charge on any atom is 0.325 e. The van der Waals surface area contributed by atoms with Crippen molar-refractivity contribution in [1.82, 2.24) is 20.0 Å². The number of imide groups is 1. The predicted molar refractivity (Wildman–Crippen MR) is 116 cm³/mol. The fraction of sp³-hybridized carbons (Fsp3) is 0.565. The third-order valence-corrected chi connectivity index (χ3v) is 6.85. The van der Waals surface area contributed by atoms with Gasteiger partial charge in [0.25, 0.3) is 11.8 Å². The Morgan fingerprint density at radius 1 is 1.12 bits per heavy atom. The van der Waals surface area contributed by atoms with E-state index < -0.39 is 11.6 Å². The topological polar surface area (TPSA) is 99.3 Å². The van der Waals surface area contributed by atoms with Crippen molar-refractivity contribution in [2.24, 2.45) is 0 Å². The zero-order chi connectivity index (χ0) is 22.9. The number of hydrogen-bond acceptors (Lipinski definition) is 5. The van der Waals surface area contributed by atoms with E-state index in [1.807, 2.05) is 6.92 Å². The number of nitrogens with zero attached hydrogens (tertiary/aromatic N) is 3. The molecule has 3 heterocycles. The molecule has 3 saturated heterocycles. The Morgan fingerprint density at radius 3 is 2.53 bits per heavy atom. The van der Waals surface area contributed by atoms with Crippen LogP contribution in [0, 0.1) is 0 Å². The van der Waals surface area contributed by atoms with Crippen LogP contribution in [0.2, 0.25) is 0 Å². The minimum atomic E-state index is -0.948. The molecular formula is C23H30N4O5. The lowest BCUT2D eigenvalue weighted by Gasteiger charge is -2.39. The molecule has 0 aliphatic carbocycles. The molecule has 0 unspecified atom stereocenters. The second kappa shape index (κ2) is 8.80. The first kappa shape index (κ1) is 22.1. The first-order valence-electron chi connectivity index (χ1n) is 11.3. The second-order valence-corrected chi connectivity index (χ2v) is 8.67. The van der Waals surface area contributed by atoms with Crippen LogP contribution in [0.4, 0.5) is 4.79 Å². The molecular weight excluding hydrogens is 412 g/mol. The number of urea groups is 1. The van der Waals surface area contributed by atoms with Crippen LogP contribution in [0.3, 0.4) is 0 Å². The smallest absolute Gasteiger partial charge is 0.325 e. The highest BCUT2D eigenvalue weighted by Crippen LogP contribution is 2.33. The molecule has 0 bridgehead atoms. The highest BCUT2D eigenvalue weighted by molar-refractivity contribution is 6.07. The van der Waals surface area contributed by atoms with Crippen LogP contribution in [0.15, 0.2) is 24.3 Å². The molecule has 0 saturated carbocycles. The number of nitrogens with one attached hydrogen (secondary N) is 1. The second-order valence-electron chi connectivity index (χ2n) is 8.67. The van der Waals surface area contributed by atoms with Gasteiger partial charge in [-0.25, -0.2) is 4.79 Å². The molecule has 1 spiro atoms. The van der Waals surface area contributed by atoms with E-state index in [1.54, 1.807) is 34.1 Å². The third kappa shape index (κ3) is 3.80. The highest BCUT2D eigenvalue weighted by Gasteiger charge is 2.54. The molecule has 1 atom stereocenters. The molecule has 1 N–H and O–H groups in total. The van der Waals surface area contributed by atoms with Gasteiger partial charge in [0.1, 0.15) is 11.3 Å². The zero-order valence-electron chi connectivity index (χ0n) is 18.6. The maximum absolute atomic E-state index is 13.4. The summed E-state index contributed by atoms with van der Waals surface area (Å²) in [5.41, 5.74) is -0.478. The molecule has 9 heteroatoms. The number of para-hydroxylation sites is 1. The van der Waals surface area contributed by atoms with Crippen molar-refractivity contribution < 1.29 is 23.9 Å². The summed E-state index contributed by atoms with van der Waals surface area (Å²) in [6.45, 7) is 3.59. The van der Waals surface area contributed by atoms with E-state index in [2.05, 4.69) is 5.32 Å². The van der Waals surface area contributed by atoms with Crippen LogP contribution < -0.4 is 10.1 Å². The van der Waals surface area contributed by atoms with Crippen molar-refractivity contribution in [2.45, 2.75) is 50.6 Å². The summed E-state index contributed by atoms with van der Waals surface area (Å²) in [4.78, 5) is 56.1. The Kier molecular flexibility index (Phi) is 6.08. The molecule has 0 radical (unpaired) electrons. The van der Waals surface area contributed by atoms with Crippen molar-refractivity contribution in [3.8, 4) is 5.75 Å². The van der Waals surface area contributed by atoms with Crippen LogP contribution in [0.25, 0.3) is 0 Å². The summed E-state index contributed by atoms with van der Waals surface area (Å²) in [6.07, 6.45) is 2.62. The van der Waals surface area contributed by atoms with Gasteiger partial charge >= 0.3 is 6.03 Å². The predicted octanol–water partition coefficient (Wildman–Crippen LogP) is 1.62. The summed E-state index contributed by atoms with van der Waals surface area (Å²) in [5, 5.41) is 2.91. The van der Waals surface area contributed by atoms with Gasteiger partial charge in [0.2, 0.25) is 5.91 Å². The molecule has 1 aromatic rings. The summed E-state index contributed by atoms with van der Waals surface area (Å²) >= 11 is 0.